The highest BCUT2D eigenvalue weighted by atomic mass is 16.2. The van der Waals surface area contributed by atoms with Gasteiger partial charge in [0.15, 0.2) is 0 Å². The van der Waals surface area contributed by atoms with Crippen molar-refractivity contribution >= 4 is 17.7 Å². The van der Waals surface area contributed by atoms with E-state index >= 15 is 0 Å². The van der Waals surface area contributed by atoms with Gasteiger partial charge < -0.3 is 15.5 Å². The average molecular weight is 340 g/mol. The van der Waals surface area contributed by atoms with Crippen LogP contribution in [0.1, 0.15) is 34.1 Å². The molecule has 0 bridgehead atoms. The molecule has 2 N–H and O–H groups in total. The minimum atomic E-state index is -0.625. The summed E-state index contributed by atoms with van der Waals surface area (Å²) < 4.78 is 0. The molecular formula is C17H32N4O3. The Morgan fingerprint density at radius 2 is 1.71 bits per heavy atom. The molecular weight excluding hydrogens is 308 g/mol. The number of likely N-dealkylation sites (tertiary alicyclic amines) is 1. The Kier molecular flexibility index (Phi) is 6.38. The standard InChI is InChI=1S/C17H32N4O3/c1-11(2)13(14(18)22)20(7)15(23)12-8-9-21(10-12)16(24)17(3,4)19(5)6/h11-13H,8-10H2,1-7H3,(H2,18,22)/t12-,13-/m0/s1. The fourth-order valence-electron chi connectivity index (χ4n) is 3.12. The van der Waals surface area contributed by atoms with Gasteiger partial charge in [0.2, 0.25) is 17.7 Å². The smallest absolute Gasteiger partial charge is 0.242 e. The third kappa shape index (κ3) is 4.06. The summed E-state index contributed by atoms with van der Waals surface area (Å²) in [5.74, 6) is -0.937. The summed E-state index contributed by atoms with van der Waals surface area (Å²) in [4.78, 5) is 42.1. The van der Waals surface area contributed by atoms with Crippen molar-refractivity contribution in [3.63, 3.8) is 0 Å². The van der Waals surface area contributed by atoms with E-state index in [0.29, 0.717) is 19.5 Å². The molecule has 7 nitrogen and oxygen atoms in total. The molecule has 138 valence electrons. The van der Waals surface area contributed by atoms with Gasteiger partial charge >= 0.3 is 0 Å². The van der Waals surface area contributed by atoms with Crippen molar-refractivity contribution in [1.29, 1.82) is 0 Å². The Hall–Kier alpha value is -1.63. The number of carbonyl (C=O) groups excluding carboxylic acids is 3. The molecule has 0 aromatic rings. The van der Waals surface area contributed by atoms with Crippen LogP contribution in [0.15, 0.2) is 0 Å². The van der Waals surface area contributed by atoms with Gasteiger partial charge in [0.25, 0.3) is 0 Å². The molecule has 24 heavy (non-hydrogen) atoms. The first-order chi connectivity index (χ1) is 10.9. The summed E-state index contributed by atoms with van der Waals surface area (Å²) in [5.41, 5.74) is 4.82. The lowest BCUT2D eigenvalue weighted by atomic mass is 9.99. The quantitative estimate of drug-likeness (QED) is 0.745. The van der Waals surface area contributed by atoms with Crippen LogP contribution in [0.3, 0.4) is 0 Å². The molecule has 1 saturated heterocycles. The first-order valence-corrected chi connectivity index (χ1v) is 8.44. The largest absolute Gasteiger partial charge is 0.368 e. The summed E-state index contributed by atoms with van der Waals surface area (Å²) in [6.07, 6.45) is 0.613. The molecule has 0 spiro atoms. The zero-order chi connectivity index (χ0) is 18.8. The molecule has 1 heterocycles. The first-order valence-electron chi connectivity index (χ1n) is 8.44. The van der Waals surface area contributed by atoms with E-state index in [4.69, 9.17) is 5.73 Å². The van der Waals surface area contributed by atoms with Gasteiger partial charge in [0, 0.05) is 20.1 Å². The van der Waals surface area contributed by atoms with Crippen LogP contribution in [0, 0.1) is 11.8 Å². The maximum absolute atomic E-state index is 12.7. The van der Waals surface area contributed by atoms with Crippen LogP contribution in [0.2, 0.25) is 0 Å². The van der Waals surface area contributed by atoms with Crippen LogP contribution >= 0.6 is 0 Å². The highest BCUT2D eigenvalue weighted by Gasteiger charge is 2.41. The van der Waals surface area contributed by atoms with Gasteiger partial charge in [-0.25, -0.2) is 0 Å². The van der Waals surface area contributed by atoms with Crippen molar-refractivity contribution in [2.75, 3.05) is 34.2 Å². The second kappa shape index (κ2) is 7.51. The van der Waals surface area contributed by atoms with Crippen molar-refractivity contribution < 1.29 is 14.4 Å². The highest BCUT2D eigenvalue weighted by molar-refractivity contribution is 5.89. The number of nitrogens with two attached hydrogens (primary N) is 1. The van der Waals surface area contributed by atoms with Crippen molar-refractivity contribution in [1.82, 2.24) is 14.7 Å². The summed E-state index contributed by atoms with van der Waals surface area (Å²) >= 11 is 0. The summed E-state index contributed by atoms with van der Waals surface area (Å²) in [7, 11) is 5.35. The SMILES string of the molecule is CC(C)[C@@H](C(N)=O)N(C)C(=O)[C@H]1CCN(C(=O)C(C)(C)N(C)C)C1. The summed E-state index contributed by atoms with van der Waals surface area (Å²) in [6.45, 7) is 8.43. The zero-order valence-corrected chi connectivity index (χ0v) is 16.0. The van der Waals surface area contributed by atoms with E-state index in [2.05, 4.69) is 0 Å². The molecule has 1 aliphatic heterocycles. The van der Waals surface area contributed by atoms with E-state index in [1.807, 2.05) is 46.7 Å². The molecule has 7 heteroatoms. The number of carbonyl (C=O) groups is 3. The number of rotatable bonds is 6. The molecule has 3 amide bonds. The van der Waals surface area contributed by atoms with E-state index in [0.717, 1.165) is 0 Å². The first kappa shape index (κ1) is 20.4. The van der Waals surface area contributed by atoms with Gasteiger partial charge in [-0.05, 0) is 40.3 Å². The number of likely N-dealkylation sites (N-methyl/N-ethyl adjacent to an activating group) is 2. The average Bonchev–Trinajstić information content (AvgIpc) is 2.93. The topological polar surface area (TPSA) is 87.0 Å². The lowest BCUT2D eigenvalue weighted by Crippen LogP contribution is -2.53. The van der Waals surface area contributed by atoms with Crippen LogP contribution in [0.5, 0.6) is 0 Å². The molecule has 0 saturated carbocycles. The van der Waals surface area contributed by atoms with Gasteiger partial charge in [-0.2, -0.15) is 0 Å². The van der Waals surface area contributed by atoms with E-state index in [1.165, 1.54) is 4.90 Å². The van der Waals surface area contributed by atoms with Crippen molar-refractivity contribution in [3.8, 4) is 0 Å². The molecule has 1 aliphatic rings. The van der Waals surface area contributed by atoms with Gasteiger partial charge in [-0.15, -0.1) is 0 Å². The molecule has 2 atom stereocenters. The van der Waals surface area contributed by atoms with E-state index in [1.54, 1.807) is 11.9 Å². The normalized spacial score (nSPS) is 19.7. The molecule has 0 unspecified atom stereocenters. The monoisotopic (exact) mass is 340 g/mol. The fraction of sp³-hybridized carbons (Fsp3) is 0.824. The minimum Gasteiger partial charge on any atom is -0.368 e. The van der Waals surface area contributed by atoms with Gasteiger partial charge in [0.1, 0.15) is 6.04 Å². The second-order valence-electron chi connectivity index (χ2n) is 7.73. The van der Waals surface area contributed by atoms with Crippen LogP contribution in [0.25, 0.3) is 0 Å². The lowest BCUT2D eigenvalue weighted by molar-refractivity contribution is -0.143. The third-order valence-corrected chi connectivity index (χ3v) is 5.15. The molecule has 0 aliphatic carbocycles. The van der Waals surface area contributed by atoms with Crippen molar-refractivity contribution in [3.05, 3.63) is 0 Å². The maximum atomic E-state index is 12.7. The Balaban J connectivity index is 2.80. The predicted molar refractivity (Wildman–Crippen MR) is 93.0 cm³/mol. The maximum Gasteiger partial charge on any atom is 0.242 e. The van der Waals surface area contributed by atoms with Gasteiger partial charge in [-0.1, -0.05) is 13.8 Å². The molecule has 0 aromatic heterocycles. The molecule has 1 fully saturated rings. The minimum absolute atomic E-state index is 0.0146. The van der Waals surface area contributed by atoms with Crippen LogP contribution in [-0.2, 0) is 14.4 Å². The molecule has 0 radical (unpaired) electrons. The van der Waals surface area contributed by atoms with E-state index in [-0.39, 0.29) is 23.7 Å². The molecule has 1 rings (SSSR count). The second-order valence-corrected chi connectivity index (χ2v) is 7.73. The third-order valence-electron chi connectivity index (χ3n) is 5.15. The number of nitrogens with zero attached hydrogens (tertiary/aromatic N) is 3. The zero-order valence-electron chi connectivity index (χ0n) is 16.0. The van der Waals surface area contributed by atoms with E-state index in [9.17, 15) is 14.4 Å². The fourth-order valence-corrected chi connectivity index (χ4v) is 3.12. The summed E-state index contributed by atoms with van der Waals surface area (Å²) in [5, 5.41) is 0. The van der Waals surface area contributed by atoms with Crippen LogP contribution in [-0.4, -0.2) is 78.2 Å². The van der Waals surface area contributed by atoms with Gasteiger partial charge in [0.05, 0.1) is 11.5 Å². The van der Waals surface area contributed by atoms with Crippen molar-refractivity contribution in [2.45, 2.75) is 45.7 Å². The summed E-state index contributed by atoms with van der Waals surface area (Å²) in [6, 6.07) is -0.625. The Labute approximate surface area is 145 Å². The number of hydrogen-bond donors (Lipinski definition) is 1. The van der Waals surface area contributed by atoms with Crippen LogP contribution in [0.4, 0.5) is 0 Å². The van der Waals surface area contributed by atoms with E-state index < -0.39 is 17.5 Å². The Bertz CT molecular complexity index is 502. The number of primary amides is 1. The van der Waals surface area contributed by atoms with Crippen molar-refractivity contribution in [2.24, 2.45) is 17.6 Å². The lowest BCUT2D eigenvalue weighted by Gasteiger charge is -2.35. The Morgan fingerprint density at radius 1 is 1.17 bits per heavy atom. The Morgan fingerprint density at radius 3 is 2.12 bits per heavy atom. The number of hydrogen-bond acceptors (Lipinski definition) is 4. The van der Waals surface area contributed by atoms with Crippen LogP contribution < -0.4 is 5.73 Å². The highest BCUT2D eigenvalue weighted by Crippen LogP contribution is 2.24. The predicted octanol–water partition coefficient (Wildman–Crippen LogP) is 0.143. The number of amides is 3. The molecule has 0 aromatic carbocycles. The van der Waals surface area contributed by atoms with Gasteiger partial charge in [-0.3, -0.25) is 19.3 Å².